The first-order valence-electron chi connectivity index (χ1n) is 5.07. The molecule has 1 aromatic heterocycles. The van der Waals surface area contributed by atoms with E-state index < -0.39 is 11.8 Å². The zero-order chi connectivity index (χ0) is 13.3. The maximum absolute atomic E-state index is 13.5. The predicted octanol–water partition coefficient (Wildman–Crippen LogP) is 2.50. The average Bonchev–Trinajstić information content (AvgIpc) is 2.71. The third-order valence-electron chi connectivity index (χ3n) is 2.39. The molecule has 1 N–H and O–H groups in total. The van der Waals surface area contributed by atoms with Gasteiger partial charge in [0, 0.05) is 5.56 Å². The van der Waals surface area contributed by atoms with Gasteiger partial charge in [0.15, 0.2) is 11.6 Å². The number of nitrogens with zero attached hydrogens (tertiary/aromatic N) is 1. The first-order chi connectivity index (χ1) is 8.52. The molecule has 0 spiro atoms. The average molecular weight is 251 g/mol. The predicted molar refractivity (Wildman–Crippen MR) is 60.1 cm³/mol. The van der Waals surface area contributed by atoms with E-state index >= 15 is 0 Å². The van der Waals surface area contributed by atoms with E-state index in [1.165, 1.54) is 26.2 Å². The Morgan fingerprint density at radius 1 is 1.50 bits per heavy atom. The number of carbonyl (C=O) groups is 1. The molecular formula is C12H10FNO4. The Labute approximate surface area is 102 Å². The third kappa shape index (κ3) is 2.04. The van der Waals surface area contributed by atoms with Gasteiger partial charge in [0.25, 0.3) is 0 Å². The van der Waals surface area contributed by atoms with Crippen LogP contribution in [0.2, 0.25) is 0 Å². The molecule has 1 aromatic carbocycles. The molecule has 0 unspecified atom stereocenters. The number of benzene rings is 1. The van der Waals surface area contributed by atoms with Gasteiger partial charge in [-0.2, -0.15) is 0 Å². The van der Waals surface area contributed by atoms with Gasteiger partial charge in [-0.15, -0.1) is 0 Å². The largest absolute Gasteiger partial charge is 0.494 e. The van der Waals surface area contributed by atoms with E-state index in [1.807, 2.05) is 0 Å². The Kier molecular flexibility index (Phi) is 3.01. The summed E-state index contributed by atoms with van der Waals surface area (Å²) in [6, 6.07) is 4.14. The van der Waals surface area contributed by atoms with Crippen LogP contribution < -0.4 is 4.74 Å². The van der Waals surface area contributed by atoms with E-state index in [2.05, 4.69) is 4.98 Å². The van der Waals surface area contributed by atoms with Gasteiger partial charge in [-0.1, -0.05) is 0 Å². The highest BCUT2D eigenvalue weighted by molar-refractivity contribution is 5.86. The molecule has 5 nitrogen and oxygen atoms in total. The van der Waals surface area contributed by atoms with E-state index in [0.29, 0.717) is 5.56 Å². The highest BCUT2D eigenvalue weighted by Gasteiger charge is 2.18. The second kappa shape index (κ2) is 4.48. The van der Waals surface area contributed by atoms with Gasteiger partial charge in [-0.05, 0) is 25.1 Å². The summed E-state index contributed by atoms with van der Waals surface area (Å²) >= 11 is 0. The van der Waals surface area contributed by atoms with Gasteiger partial charge in [0.05, 0.1) is 12.8 Å². The lowest BCUT2D eigenvalue weighted by molar-refractivity contribution is 0.0662. The molecule has 6 heteroatoms. The number of hydrogen-bond donors (Lipinski definition) is 1. The van der Waals surface area contributed by atoms with Crippen molar-refractivity contribution in [3.8, 4) is 17.2 Å². The van der Waals surface area contributed by atoms with Crippen molar-refractivity contribution < 1.29 is 23.4 Å². The highest BCUT2D eigenvalue weighted by Crippen LogP contribution is 2.26. The van der Waals surface area contributed by atoms with E-state index in [0.717, 1.165) is 0 Å². The number of hydrogen-bond acceptors (Lipinski definition) is 4. The monoisotopic (exact) mass is 251 g/mol. The number of rotatable bonds is 3. The van der Waals surface area contributed by atoms with Crippen LogP contribution in [-0.4, -0.2) is 23.2 Å². The fourth-order valence-corrected chi connectivity index (χ4v) is 1.52. The summed E-state index contributed by atoms with van der Waals surface area (Å²) < 4.78 is 23.3. The number of methoxy groups -OCH3 is 1. The standard InChI is InChI=1S/C12H10FNO4/c1-6-10(12(15)16)18-11(14-6)7-3-4-9(17-2)8(13)5-7/h3-5H,1-2H3,(H,15,16). The topological polar surface area (TPSA) is 72.6 Å². The van der Waals surface area contributed by atoms with Gasteiger partial charge in [0.2, 0.25) is 11.7 Å². The van der Waals surface area contributed by atoms with Crippen LogP contribution in [0.5, 0.6) is 5.75 Å². The summed E-state index contributed by atoms with van der Waals surface area (Å²) in [5.74, 6) is -1.86. The van der Waals surface area contributed by atoms with Crippen molar-refractivity contribution in [2.45, 2.75) is 6.92 Å². The Morgan fingerprint density at radius 2 is 2.22 bits per heavy atom. The minimum Gasteiger partial charge on any atom is -0.494 e. The van der Waals surface area contributed by atoms with Crippen LogP contribution in [0.3, 0.4) is 0 Å². The van der Waals surface area contributed by atoms with Gasteiger partial charge in [-0.3, -0.25) is 0 Å². The lowest BCUT2D eigenvalue weighted by Gasteiger charge is -2.02. The fourth-order valence-electron chi connectivity index (χ4n) is 1.52. The summed E-state index contributed by atoms with van der Waals surface area (Å²) in [6.07, 6.45) is 0. The molecule has 0 saturated carbocycles. The minimum atomic E-state index is -1.21. The van der Waals surface area contributed by atoms with Crippen LogP contribution in [0.25, 0.3) is 11.5 Å². The van der Waals surface area contributed by atoms with E-state index in [4.69, 9.17) is 14.3 Å². The Bertz CT molecular complexity index is 606. The minimum absolute atomic E-state index is 0.0615. The van der Waals surface area contributed by atoms with E-state index in [-0.39, 0.29) is 23.1 Å². The summed E-state index contributed by atoms with van der Waals surface area (Å²) in [7, 11) is 1.36. The van der Waals surface area contributed by atoms with Crippen molar-refractivity contribution in [1.82, 2.24) is 4.98 Å². The molecule has 18 heavy (non-hydrogen) atoms. The summed E-state index contributed by atoms with van der Waals surface area (Å²) in [6.45, 7) is 1.51. The normalized spacial score (nSPS) is 10.4. The first-order valence-corrected chi connectivity index (χ1v) is 5.07. The molecule has 0 amide bonds. The van der Waals surface area contributed by atoms with Crippen LogP contribution in [-0.2, 0) is 0 Å². The number of carboxylic acids is 1. The second-order valence-electron chi connectivity index (χ2n) is 3.59. The number of ether oxygens (including phenoxy) is 1. The summed E-state index contributed by atoms with van der Waals surface area (Å²) in [5.41, 5.74) is 0.595. The lowest BCUT2D eigenvalue weighted by atomic mass is 10.2. The third-order valence-corrected chi connectivity index (χ3v) is 2.39. The quantitative estimate of drug-likeness (QED) is 0.907. The Hall–Kier alpha value is -2.37. The molecule has 2 rings (SSSR count). The molecule has 0 aliphatic rings. The molecule has 0 bridgehead atoms. The Morgan fingerprint density at radius 3 is 2.72 bits per heavy atom. The molecule has 0 aliphatic heterocycles. The lowest BCUT2D eigenvalue weighted by Crippen LogP contribution is -1.95. The molecule has 2 aromatic rings. The van der Waals surface area contributed by atoms with E-state index in [9.17, 15) is 9.18 Å². The fraction of sp³-hybridized carbons (Fsp3) is 0.167. The molecule has 0 aliphatic carbocycles. The molecular weight excluding hydrogens is 241 g/mol. The zero-order valence-electron chi connectivity index (χ0n) is 9.73. The van der Waals surface area contributed by atoms with Crippen molar-refractivity contribution in [3.05, 3.63) is 35.5 Å². The molecule has 1 heterocycles. The van der Waals surface area contributed by atoms with Gasteiger partial charge in [-0.25, -0.2) is 14.2 Å². The molecule has 0 fully saturated rings. The number of aryl methyl sites for hydroxylation is 1. The van der Waals surface area contributed by atoms with Crippen molar-refractivity contribution in [3.63, 3.8) is 0 Å². The van der Waals surface area contributed by atoms with Gasteiger partial charge < -0.3 is 14.3 Å². The van der Waals surface area contributed by atoms with Crippen LogP contribution in [0, 0.1) is 12.7 Å². The van der Waals surface area contributed by atoms with Crippen LogP contribution in [0.1, 0.15) is 16.2 Å². The SMILES string of the molecule is COc1ccc(-c2nc(C)c(C(=O)O)o2)cc1F. The van der Waals surface area contributed by atoms with Crippen molar-refractivity contribution in [1.29, 1.82) is 0 Å². The Balaban J connectivity index is 2.46. The molecule has 0 radical (unpaired) electrons. The van der Waals surface area contributed by atoms with Gasteiger partial charge in [0.1, 0.15) is 0 Å². The maximum Gasteiger partial charge on any atom is 0.373 e. The first kappa shape index (κ1) is 12.1. The molecule has 0 atom stereocenters. The maximum atomic E-state index is 13.5. The van der Waals surface area contributed by atoms with Crippen molar-refractivity contribution in [2.75, 3.05) is 7.11 Å². The molecule has 94 valence electrons. The van der Waals surface area contributed by atoms with Gasteiger partial charge >= 0.3 is 5.97 Å². The number of halogens is 1. The summed E-state index contributed by atoms with van der Waals surface area (Å²) in [4.78, 5) is 14.7. The number of aromatic carboxylic acids is 1. The van der Waals surface area contributed by atoms with Crippen LogP contribution >= 0.6 is 0 Å². The highest BCUT2D eigenvalue weighted by atomic mass is 19.1. The van der Waals surface area contributed by atoms with Crippen LogP contribution in [0.4, 0.5) is 4.39 Å². The zero-order valence-corrected chi connectivity index (χ0v) is 9.73. The van der Waals surface area contributed by atoms with Crippen molar-refractivity contribution in [2.24, 2.45) is 0 Å². The second-order valence-corrected chi connectivity index (χ2v) is 3.59. The number of oxazole rings is 1. The number of carboxylic acid groups (broad SMARTS) is 1. The van der Waals surface area contributed by atoms with Crippen LogP contribution in [0.15, 0.2) is 22.6 Å². The summed E-state index contributed by atoms with van der Waals surface area (Å²) in [5, 5.41) is 8.83. The van der Waals surface area contributed by atoms with E-state index in [1.54, 1.807) is 6.07 Å². The van der Waals surface area contributed by atoms with Crippen molar-refractivity contribution >= 4 is 5.97 Å². The smallest absolute Gasteiger partial charge is 0.373 e. The molecule has 0 saturated heterocycles. The number of aromatic nitrogens is 1.